The van der Waals surface area contributed by atoms with E-state index in [1.807, 2.05) is 0 Å². The fourth-order valence-corrected chi connectivity index (χ4v) is 0.934. The van der Waals surface area contributed by atoms with Crippen molar-refractivity contribution in [3.05, 3.63) is 0 Å². The van der Waals surface area contributed by atoms with Crippen molar-refractivity contribution in [2.24, 2.45) is 5.73 Å². The molecule has 0 aromatic carbocycles. The molecule has 0 saturated heterocycles. The molecule has 3 N–H and O–H groups in total. The molecule has 0 aliphatic carbocycles. The third-order valence-electron chi connectivity index (χ3n) is 0.919. The maximum absolute atomic E-state index is 11.6. The van der Waals surface area contributed by atoms with Crippen molar-refractivity contribution in [3.63, 3.8) is 0 Å². The zero-order chi connectivity index (χ0) is 8.91. The van der Waals surface area contributed by atoms with Crippen molar-refractivity contribution in [2.75, 3.05) is 13.1 Å². The van der Waals surface area contributed by atoms with Gasteiger partial charge in [0.05, 0.1) is 0 Å². The van der Waals surface area contributed by atoms with Crippen LogP contribution in [0.2, 0.25) is 0 Å². The zero-order valence-corrected chi connectivity index (χ0v) is 7.80. The van der Waals surface area contributed by atoms with Gasteiger partial charge in [0.25, 0.3) is 10.0 Å². The summed E-state index contributed by atoms with van der Waals surface area (Å²) in [7, 11) is -4.41. The molecule has 0 amide bonds. The van der Waals surface area contributed by atoms with Gasteiger partial charge < -0.3 is 5.73 Å². The number of sulfonamides is 1. The number of alkyl halides is 2. The van der Waals surface area contributed by atoms with Crippen molar-refractivity contribution >= 4 is 22.4 Å². The van der Waals surface area contributed by atoms with E-state index >= 15 is 0 Å². The van der Waals surface area contributed by atoms with Crippen molar-refractivity contribution in [3.8, 4) is 0 Å². The molecule has 0 aromatic rings. The number of rotatable bonds is 5. The van der Waals surface area contributed by atoms with E-state index in [0.29, 0.717) is 6.42 Å². The van der Waals surface area contributed by atoms with E-state index in [0.717, 1.165) is 0 Å². The molecule has 4 nitrogen and oxygen atoms in total. The average Bonchev–Trinajstić information content (AvgIpc) is 1.88. The molecule has 0 bridgehead atoms. The second kappa shape index (κ2) is 6.53. The van der Waals surface area contributed by atoms with Crippen LogP contribution >= 0.6 is 12.4 Å². The van der Waals surface area contributed by atoms with Crippen LogP contribution in [0, 0.1) is 0 Å². The van der Waals surface area contributed by atoms with Gasteiger partial charge in [0.2, 0.25) is 0 Å². The van der Waals surface area contributed by atoms with Gasteiger partial charge in [-0.15, -0.1) is 12.4 Å². The molecule has 12 heavy (non-hydrogen) atoms. The van der Waals surface area contributed by atoms with Crippen LogP contribution in [0.15, 0.2) is 0 Å². The molecule has 0 rings (SSSR count). The van der Waals surface area contributed by atoms with Crippen LogP contribution < -0.4 is 10.5 Å². The van der Waals surface area contributed by atoms with Crippen LogP contribution in [0.4, 0.5) is 8.78 Å². The molecule has 8 heteroatoms. The lowest BCUT2D eigenvalue weighted by Gasteiger charge is -2.02. The Morgan fingerprint density at radius 3 is 2.25 bits per heavy atom. The molecule has 0 atom stereocenters. The Hall–Kier alpha value is 0.0200. The summed E-state index contributed by atoms with van der Waals surface area (Å²) in [5.74, 6) is -3.36. The lowest BCUT2D eigenvalue weighted by molar-refractivity contribution is 0.232. The van der Waals surface area contributed by atoms with E-state index in [2.05, 4.69) is 0 Å². The van der Waals surface area contributed by atoms with E-state index in [9.17, 15) is 17.2 Å². The minimum Gasteiger partial charge on any atom is -0.330 e. The van der Waals surface area contributed by atoms with E-state index in [1.54, 1.807) is 4.72 Å². The number of halogens is 3. The Bertz CT molecular complexity index is 197. The van der Waals surface area contributed by atoms with Gasteiger partial charge in [-0.05, 0) is 13.0 Å². The Balaban J connectivity index is 0. The molecule has 0 aliphatic heterocycles. The quantitative estimate of drug-likeness (QED) is 0.641. The first-order chi connectivity index (χ1) is 5.00. The van der Waals surface area contributed by atoms with E-state index in [1.165, 1.54) is 0 Å². The maximum atomic E-state index is 11.6. The first-order valence-corrected chi connectivity index (χ1v) is 4.52. The highest BCUT2D eigenvalue weighted by atomic mass is 35.5. The van der Waals surface area contributed by atoms with Gasteiger partial charge in [-0.3, -0.25) is 0 Å². The predicted molar refractivity (Wildman–Crippen MR) is 43.8 cm³/mol. The van der Waals surface area contributed by atoms with Crippen molar-refractivity contribution in [1.29, 1.82) is 0 Å². The van der Waals surface area contributed by atoms with Crippen LogP contribution in [0.5, 0.6) is 0 Å². The molecule has 0 fully saturated rings. The van der Waals surface area contributed by atoms with E-state index in [-0.39, 0.29) is 25.5 Å². The Kier molecular flexibility index (Phi) is 7.91. The Morgan fingerprint density at radius 2 is 1.92 bits per heavy atom. The minimum atomic E-state index is -4.41. The van der Waals surface area contributed by atoms with Gasteiger partial charge in [0.15, 0.2) is 0 Å². The fourth-order valence-electron chi connectivity index (χ4n) is 0.379. The first kappa shape index (κ1) is 14.5. The summed E-state index contributed by atoms with van der Waals surface area (Å²) in [6.07, 6.45) is 0.353. The first-order valence-electron chi connectivity index (χ1n) is 2.97. The standard InChI is InChI=1S/C4H10F2N2O2S.ClH/c5-4(6)11(9,10)8-3-1-2-7;/h4,8H,1-3,7H2;1H. The van der Waals surface area contributed by atoms with Crippen LogP contribution in [-0.4, -0.2) is 27.3 Å². The van der Waals surface area contributed by atoms with Crippen molar-refractivity contribution < 1.29 is 17.2 Å². The topological polar surface area (TPSA) is 72.2 Å². The average molecular weight is 225 g/mol. The largest absolute Gasteiger partial charge is 0.350 e. The summed E-state index contributed by atoms with van der Waals surface area (Å²) >= 11 is 0. The molecule has 0 unspecified atom stereocenters. The van der Waals surface area contributed by atoms with Gasteiger partial charge in [-0.2, -0.15) is 8.78 Å². The molecular formula is C4H11ClF2N2O2S. The summed E-state index contributed by atoms with van der Waals surface area (Å²) in [4.78, 5) is 0. The van der Waals surface area contributed by atoms with Crippen LogP contribution in [0.1, 0.15) is 6.42 Å². The molecule has 0 saturated carbocycles. The van der Waals surface area contributed by atoms with E-state index < -0.39 is 15.8 Å². The van der Waals surface area contributed by atoms with Crippen LogP contribution in [0.25, 0.3) is 0 Å². The number of hydrogen-bond donors (Lipinski definition) is 2. The molecule has 0 heterocycles. The van der Waals surface area contributed by atoms with Gasteiger partial charge in [0.1, 0.15) is 0 Å². The van der Waals surface area contributed by atoms with Gasteiger partial charge in [0, 0.05) is 6.54 Å². The normalized spacial score (nSPS) is 11.3. The fraction of sp³-hybridized carbons (Fsp3) is 1.00. The van der Waals surface area contributed by atoms with Gasteiger partial charge >= 0.3 is 5.76 Å². The number of nitrogens with two attached hydrogens (primary N) is 1. The summed E-state index contributed by atoms with van der Waals surface area (Å²) in [5, 5.41) is 0. The highest BCUT2D eigenvalue weighted by Crippen LogP contribution is 2.00. The highest BCUT2D eigenvalue weighted by molar-refractivity contribution is 7.89. The predicted octanol–water partition coefficient (Wildman–Crippen LogP) is -0.101. The Labute approximate surface area is 76.0 Å². The maximum Gasteiger partial charge on any atom is 0.350 e. The van der Waals surface area contributed by atoms with Crippen molar-refractivity contribution in [1.82, 2.24) is 4.72 Å². The minimum absolute atomic E-state index is 0. The monoisotopic (exact) mass is 224 g/mol. The molecular weight excluding hydrogens is 214 g/mol. The van der Waals surface area contributed by atoms with Crippen LogP contribution in [0.3, 0.4) is 0 Å². The summed E-state index contributed by atoms with van der Waals surface area (Å²) in [6, 6.07) is 0. The lowest BCUT2D eigenvalue weighted by atomic mass is 10.4. The molecule has 0 aliphatic rings. The SMILES string of the molecule is Cl.NCCCNS(=O)(=O)C(F)F. The summed E-state index contributed by atoms with van der Waals surface area (Å²) in [5.41, 5.74) is 5.01. The van der Waals surface area contributed by atoms with Crippen molar-refractivity contribution in [2.45, 2.75) is 12.2 Å². The third-order valence-corrected chi connectivity index (χ3v) is 1.99. The Morgan fingerprint density at radius 1 is 1.42 bits per heavy atom. The van der Waals surface area contributed by atoms with Crippen LogP contribution in [-0.2, 0) is 10.0 Å². The molecule has 76 valence electrons. The highest BCUT2D eigenvalue weighted by Gasteiger charge is 2.22. The van der Waals surface area contributed by atoms with Gasteiger partial charge in [-0.1, -0.05) is 0 Å². The third kappa shape index (κ3) is 5.64. The number of nitrogens with one attached hydrogen (secondary N) is 1. The molecule has 0 radical (unpaired) electrons. The van der Waals surface area contributed by atoms with Gasteiger partial charge in [-0.25, -0.2) is 13.1 Å². The second-order valence-electron chi connectivity index (χ2n) is 1.84. The molecule has 0 aromatic heterocycles. The number of hydrogen-bond acceptors (Lipinski definition) is 3. The smallest absolute Gasteiger partial charge is 0.330 e. The summed E-state index contributed by atoms with van der Waals surface area (Å²) < 4.78 is 45.4. The van der Waals surface area contributed by atoms with E-state index in [4.69, 9.17) is 5.73 Å². The summed E-state index contributed by atoms with van der Waals surface area (Å²) in [6.45, 7) is 0.231. The molecule has 0 spiro atoms. The zero-order valence-electron chi connectivity index (χ0n) is 6.16. The lowest BCUT2D eigenvalue weighted by Crippen LogP contribution is -2.31. The second-order valence-corrected chi connectivity index (χ2v) is 3.58.